The molecule has 0 saturated heterocycles. The predicted molar refractivity (Wildman–Crippen MR) is 59.6 cm³/mol. The summed E-state index contributed by atoms with van der Waals surface area (Å²) >= 11 is 5.89. The van der Waals surface area contributed by atoms with Crippen LogP contribution in [0.15, 0.2) is 29.4 Å². The van der Waals surface area contributed by atoms with E-state index >= 15 is 0 Å². The van der Waals surface area contributed by atoms with Gasteiger partial charge in [-0.25, -0.2) is 0 Å². The van der Waals surface area contributed by atoms with Gasteiger partial charge in [-0.3, -0.25) is 5.01 Å². The zero-order chi connectivity index (χ0) is 10.1. The highest BCUT2D eigenvalue weighted by molar-refractivity contribution is 6.65. The predicted octanol–water partition coefficient (Wildman–Crippen LogP) is 2.92. The maximum absolute atomic E-state index is 5.89. The van der Waals surface area contributed by atoms with Gasteiger partial charge >= 0.3 is 0 Å². The molecule has 1 aliphatic heterocycles. The number of benzene rings is 1. The summed E-state index contributed by atoms with van der Waals surface area (Å²) in [5, 5.41) is 6.80. The molecular weight excluding hydrogens is 196 g/mol. The lowest BCUT2D eigenvalue weighted by atomic mass is 10.0. The number of halogens is 1. The van der Waals surface area contributed by atoms with Crippen molar-refractivity contribution in [2.24, 2.45) is 5.10 Å². The maximum atomic E-state index is 5.89. The molecule has 0 aliphatic carbocycles. The van der Waals surface area contributed by atoms with E-state index in [-0.39, 0.29) is 0 Å². The highest BCUT2D eigenvalue weighted by Crippen LogP contribution is 2.29. The monoisotopic (exact) mass is 208 g/mol. The van der Waals surface area contributed by atoms with E-state index in [0.29, 0.717) is 11.2 Å². The van der Waals surface area contributed by atoms with Crippen molar-refractivity contribution in [3.63, 3.8) is 0 Å². The fraction of sp³-hybridized carbons (Fsp3) is 0.364. The molecular formula is C11H13ClN2. The first-order chi connectivity index (χ1) is 6.66. The van der Waals surface area contributed by atoms with Gasteiger partial charge in [0.05, 0.1) is 6.04 Å². The lowest BCUT2D eigenvalue weighted by Crippen LogP contribution is -2.13. The van der Waals surface area contributed by atoms with Gasteiger partial charge in [-0.2, -0.15) is 5.10 Å². The van der Waals surface area contributed by atoms with Crippen LogP contribution in [0.5, 0.6) is 0 Å². The number of hydrogen-bond donors (Lipinski definition) is 0. The van der Waals surface area contributed by atoms with Crippen molar-refractivity contribution in [1.82, 2.24) is 5.01 Å². The molecule has 1 aromatic carbocycles. The van der Waals surface area contributed by atoms with Crippen LogP contribution in [0.3, 0.4) is 0 Å². The molecule has 2 rings (SSSR count). The van der Waals surface area contributed by atoms with E-state index in [2.05, 4.69) is 36.3 Å². The highest BCUT2D eigenvalue weighted by Gasteiger charge is 2.23. The lowest BCUT2D eigenvalue weighted by Gasteiger charge is -2.18. The Hall–Kier alpha value is -1.02. The molecule has 14 heavy (non-hydrogen) atoms. The third kappa shape index (κ3) is 1.75. The van der Waals surface area contributed by atoms with Gasteiger partial charge < -0.3 is 0 Å². The summed E-state index contributed by atoms with van der Waals surface area (Å²) in [6.07, 6.45) is 0.821. The Morgan fingerprint density at radius 3 is 2.50 bits per heavy atom. The zero-order valence-electron chi connectivity index (χ0n) is 8.37. The summed E-state index contributed by atoms with van der Waals surface area (Å²) in [5.41, 5.74) is 2.55. The fourth-order valence-electron chi connectivity index (χ4n) is 1.70. The molecule has 74 valence electrons. The Morgan fingerprint density at radius 2 is 2.00 bits per heavy atom. The Labute approximate surface area is 89.2 Å². The van der Waals surface area contributed by atoms with Crippen LogP contribution in [0.2, 0.25) is 0 Å². The molecule has 3 heteroatoms. The summed E-state index contributed by atoms with van der Waals surface area (Å²) < 4.78 is 0. The fourth-order valence-corrected chi connectivity index (χ4v) is 1.96. The third-order valence-electron chi connectivity index (χ3n) is 2.54. The molecule has 2 nitrogen and oxygen atoms in total. The van der Waals surface area contributed by atoms with Crippen LogP contribution in [0.4, 0.5) is 0 Å². The van der Waals surface area contributed by atoms with E-state index in [1.807, 2.05) is 12.1 Å². The van der Waals surface area contributed by atoms with Crippen molar-refractivity contribution in [1.29, 1.82) is 0 Å². The van der Waals surface area contributed by atoms with E-state index in [0.717, 1.165) is 6.42 Å². The first-order valence-corrected chi connectivity index (χ1v) is 5.07. The molecule has 0 aromatic heterocycles. The molecule has 1 aromatic rings. The second-order valence-corrected chi connectivity index (χ2v) is 4.12. The molecule has 0 spiro atoms. The number of hydrogen-bond acceptors (Lipinski definition) is 2. The molecule has 0 radical (unpaired) electrons. The minimum atomic E-state index is 0.308. The molecule has 1 atom stereocenters. The van der Waals surface area contributed by atoms with Gasteiger partial charge in [0, 0.05) is 13.5 Å². The molecule has 0 N–H and O–H groups in total. The first-order valence-electron chi connectivity index (χ1n) is 4.69. The van der Waals surface area contributed by atoms with E-state index in [1.54, 1.807) is 0 Å². The number of rotatable bonds is 1. The summed E-state index contributed by atoms with van der Waals surface area (Å²) in [6, 6.07) is 8.83. The second kappa shape index (κ2) is 3.62. The Balaban J connectivity index is 2.21. The maximum Gasteiger partial charge on any atom is 0.128 e. The minimum Gasteiger partial charge on any atom is -0.291 e. The quantitative estimate of drug-likeness (QED) is 0.693. The van der Waals surface area contributed by atoms with Crippen LogP contribution >= 0.6 is 11.6 Å². The molecule has 1 unspecified atom stereocenters. The van der Waals surface area contributed by atoms with E-state index in [1.165, 1.54) is 11.1 Å². The summed E-state index contributed by atoms with van der Waals surface area (Å²) in [6.45, 7) is 2.09. The number of aryl methyl sites for hydroxylation is 1. The number of hydrazone groups is 1. The van der Waals surface area contributed by atoms with Crippen LogP contribution in [-0.2, 0) is 0 Å². The van der Waals surface area contributed by atoms with Gasteiger partial charge in [-0.05, 0) is 12.5 Å². The van der Waals surface area contributed by atoms with Crippen LogP contribution in [0.25, 0.3) is 0 Å². The highest BCUT2D eigenvalue weighted by atomic mass is 35.5. The molecule has 0 bridgehead atoms. The normalized spacial score (nSPS) is 21.2. The van der Waals surface area contributed by atoms with E-state index < -0.39 is 0 Å². The summed E-state index contributed by atoms with van der Waals surface area (Å²) in [5.74, 6) is 0. The van der Waals surface area contributed by atoms with Crippen molar-refractivity contribution in [2.45, 2.75) is 19.4 Å². The first kappa shape index (κ1) is 9.53. The van der Waals surface area contributed by atoms with Gasteiger partial charge in [0.1, 0.15) is 5.17 Å². The SMILES string of the molecule is Cc1ccc(C2CC(Cl)=NN2C)cc1. The van der Waals surface area contributed by atoms with Crippen LogP contribution in [0.1, 0.15) is 23.6 Å². The van der Waals surface area contributed by atoms with Crippen molar-refractivity contribution in [3.8, 4) is 0 Å². The lowest BCUT2D eigenvalue weighted by molar-refractivity contribution is 0.290. The smallest absolute Gasteiger partial charge is 0.128 e. The van der Waals surface area contributed by atoms with Crippen molar-refractivity contribution in [2.75, 3.05) is 7.05 Å². The minimum absolute atomic E-state index is 0.308. The Morgan fingerprint density at radius 1 is 1.36 bits per heavy atom. The standard InChI is InChI=1S/C11H13ClN2/c1-8-3-5-9(6-4-8)10-7-11(12)13-14(10)2/h3-6,10H,7H2,1-2H3. The topological polar surface area (TPSA) is 15.6 Å². The summed E-state index contributed by atoms with van der Waals surface area (Å²) in [4.78, 5) is 0. The van der Waals surface area contributed by atoms with Crippen molar-refractivity contribution in [3.05, 3.63) is 35.4 Å². The average molecular weight is 209 g/mol. The second-order valence-electron chi connectivity index (χ2n) is 3.68. The van der Waals surface area contributed by atoms with Crippen LogP contribution in [0, 0.1) is 6.92 Å². The molecule has 0 saturated carbocycles. The Kier molecular flexibility index (Phi) is 2.46. The van der Waals surface area contributed by atoms with Crippen molar-refractivity contribution < 1.29 is 0 Å². The van der Waals surface area contributed by atoms with E-state index in [4.69, 9.17) is 11.6 Å². The molecule has 0 fully saturated rings. The largest absolute Gasteiger partial charge is 0.291 e. The molecule has 0 amide bonds. The van der Waals surface area contributed by atoms with Gasteiger partial charge in [0.2, 0.25) is 0 Å². The van der Waals surface area contributed by atoms with Crippen LogP contribution in [-0.4, -0.2) is 17.2 Å². The number of nitrogens with zero attached hydrogens (tertiary/aromatic N) is 2. The van der Waals surface area contributed by atoms with Crippen molar-refractivity contribution >= 4 is 16.8 Å². The van der Waals surface area contributed by atoms with Gasteiger partial charge in [-0.1, -0.05) is 41.4 Å². The van der Waals surface area contributed by atoms with Gasteiger partial charge in [0.15, 0.2) is 0 Å². The Bertz CT molecular complexity index is 356. The zero-order valence-corrected chi connectivity index (χ0v) is 9.12. The average Bonchev–Trinajstić information content (AvgIpc) is 2.47. The van der Waals surface area contributed by atoms with Gasteiger partial charge in [-0.15, -0.1) is 0 Å². The third-order valence-corrected chi connectivity index (χ3v) is 2.77. The van der Waals surface area contributed by atoms with Gasteiger partial charge in [0.25, 0.3) is 0 Å². The molecule has 1 heterocycles. The molecule has 1 aliphatic rings. The van der Waals surface area contributed by atoms with Crippen LogP contribution < -0.4 is 0 Å². The van der Waals surface area contributed by atoms with E-state index in [9.17, 15) is 0 Å². The summed E-state index contributed by atoms with van der Waals surface area (Å²) in [7, 11) is 1.96.